The molecule has 1 aliphatic rings. The number of nitrogens with one attached hydrogen (secondary N) is 1. The van der Waals surface area contributed by atoms with Crippen LogP contribution in [0.4, 0.5) is 5.69 Å². The highest BCUT2D eigenvalue weighted by molar-refractivity contribution is 5.57. The Hall–Kier alpha value is -1.76. The topological polar surface area (TPSA) is 12.0 Å². The molecule has 0 heterocycles. The third kappa shape index (κ3) is 1.90. The summed E-state index contributed by atoms with van der Waals surface area (Å²) < 4.78 is 0. The van der Waals surface area contributed by atoms with Gasteiger partial charge in [-0.1, -0.05) is 42.5 Å². The molecule has 0 aromatic heterocycles. The van der Waals surface area contributed by atoms with E-state index in [0.29, 0.717) is 5.92 Å². The molecule has 1 N–H and O–H groups in total. The van der Waals surface area contributed by atoms with Gasteiger partial charge < -0.3 is 5.32 Å². The largest absolute Gasteiger partial charge is 0.384 e. The molecule has 1 atom stereocenters. The second-order valence-electron chi connectivity index (χ2n) is 5.25. The number of anilines is 1. The highest BCUT2D eigenvalue weighted by Crippen LogP contribution is 2.35. The molecule has 0 saturated heterocycles. The molecule has 1 nitrogen and oxygen atoms in total. The summed E-state index contributed by atoms with van der Waals surface area (Å²) in [7, 11) is 0. The molecule has 1 aliphatic carbocycles. The first kappa shape index (κ1) is 11.3. The fourth-order valence-electron chi connectivity index (χ4n) is 2.86. The van der Waals surface area contributed by atoms with Crippen LogP contribution in [0.5, 0.6) is 0 Å². The van der Waals surface area contributed by atoms with Crippen LogP contribution in [0.1, 0.15) is 28.2 Å². The lowest BCUT2D eigenvalue weighted by molar-refractivity contribution is 0.635. The standard InChI is InChI=1S/C17H19N/c1-12-6-5-7-13(2)17(12)18-11-15-10-14-8-3-4-9-16(14)15/h3-9,15,18H,10-11H2,1-2H3. The molecule has 92 valence electrons. The summed E-state index contributed by atoms with van der Waals surface area (Å²) in [5.41, 5.74) is 7.02. The lowest BCUT2D eigenvalue weighted by Crippen LogP contribution is -2.24. The molecular formula is C17H19N. The van der Waals surface area contributed by atoms with Crippen molar-refractivity contribution >= 4 is 5.69 Å². The molecule has 18 heavy (non-hydrogen) atoms. The Morgan fingerprint density at radius 3 is 2.44 bits per heavy atom. The molecule has 0 fully saturated rings. The zero-order valence-electron chi connectivity index (χ0n) is 11.0. The fraction of sp³-hybridized carbons (Fsp3) is 0.294. The van der Waals surface area contributed by atoms with Crippen molar-refractivity contribution in [1.29, 1.82) is 0 Å². The highest BCUT2D eigenvalue weighted by atomic mass is 14.9. The van der Waals surface area contributed by atoms with Crippen LogP contribution in [-0.2, 0) is 6.42 Å². The molecule has 0 bridgehead atoms. The van der Waals surface area contributed by atoms with E-state index in [1.807, 2.05) is 0 Å². The van der Waals surface area contributed by atoms with E-state index in [0.717, 1.165) is 6.54 Å². The number of benzene rings is 2. The fourth-order valence-corrected chi connectivity index (χ4v) is 2.86. The SMILES string of the molecule is Cc1cccc(C)c1NCC1Cc2ccccc21. The summed E-state index contributed by atoms with van der Waals surface area (Å²) in [5.74, 6) is 0.681. The molecular weight excluding hydrogens is 218 g/mol. The van der Waals surface area contributed by atoms with Crippen molar-refractivity contribution in [2.45, 2.75) is 26.2 Å². The molecule has 0 amide bonds. The van der Waals surface area contributed by atoms with E-state index in [-0.39, 0.29) is 0 Å². The number of aryl methyl sites for hydroxylation is 2. The molecule has 1 heteroatoms. The van der Waals surface area contributed by atoms with Gasteiger partial charge in [0.15, 0.2) is 0 Å². The average molecular weight is 237 g/mol. The Balaban J connectivity index is 1.70. The van der Waals surface area contributed by atoms with E-state index in [4.69, 9.17) is 0 Å². The van der Waals surface area contributed by atoms with E-state index < -0.39 is 0 Å². The lowest BCUT2D eigenvalue weighted by Gasteiger charge is -2.31. The third-order valence-electron chi connectivity index (χ3n) is 3.97. The van der Waals surface area contributed by atoms with Crippen LogP contribution in [-0.4, -0.2) is 6.54 Å². The first-order valence-corrected chi connectivity index (χ1v) is 6.63. The van der Waals surface area contributed by atoms with Gasteiger partial charge in [-0.2, -0.15) is 0 Å². The van der Waals surface area contributed by atoms with Gasteiger partial charge in [0.05, 0.1) is 0 Å². The van der Waals surface area contributed by atoms with Crippen molar-refractivity contribution in [3.63, 3.8) is 0 Å². The van der Waals surface area contributed by atoms with Gasteiger partial charge in [-0.3, -0.25) is 0 Å². The van der Waals surface area contributed by atoms with Gasteiger partial charge in [0.25, 0.3) is 0 Å². The summed E-state index contributed by atoms with van der Waals surface area (Å²) >= 11 is 0. The predicted molar refractivity (Wildman–Crippen MR) is 77.3 cm³/mol. The van der Waals surface area contributed by atoms with E-state index in [1.54, 1.807) is 0 Å². The quantitative estimate of drug-likeness (QED) is 0.849. The smallest absolute Gasteiger partial charge is 0.0399 e. The monoisotopic (exact) mass is 237 g/mol. The lowest BCUT2D eigenvalue weighted by atomic mass is 9.77. The Morgan fingerprint density at radius 1 is 1.00 bits per heavy atom. The van der Waals surface area contributed by atoms with E-state index in [1.165, 1.54) is 34.4 Å². The number of hydrogen-bond acceptors (Lipinski definition) is 1. The minimum Gasteiger partial charge on any atom is -0.384 e. The van der Waals surface area contributed by atoms with Crippen molar-refractivity contribution in [2.75, 3.05) is 11.9 Å². The van der Waals surface area contributed by atoms with Crippen LogP contribution in [0.2, 0.25) is 0 Å². The van der Waals surface area contributed by atoms with Gasteiger partial charge in [0, 0.05) is 18.2 Å². The summed E-state index contributed by atoms with van der Waals surface area (Å²) in [6.45, 7) is 5.39. The normalized spacial score (nSPS) is 16.9. The number of hydrogen-bond donors (Lipinski definition) is 1. The maximum Gasteiger partial charge on any atom is 0.0399 e. The Morgan fingerprint density at radius 2 is 1.72 bits per heavy atom. The second kappa shape index (κ2) is 4.49. The molecule has 1 unspecified atom stereocenters. The maximum atomic E-state index is 3.62. The van der Waals surface area contributed by atoms with Gasteiger partial charge in [-0.25, -0.2) is 0 Å². The van der Waals surface area contributed by atoms with Gasteiger partial charge >= 0.3 is 0 Å². The Kier molecular flexibility index (Phi) is 2.83. The summed E-state index contributed by atoms with van der Waals surface area (Å²) in [6, 6.07) is 15.2. The van der Waals surface area contributed by atoms with Crippen molar-refractivity contribution in [1.82, 2.24) is 0 Å². The molecule has 3 rings (SSSR count). The molecule has 0 aliphatic heterocycles. The molecule has 0 spiro atoms. The van der Waals surface area contributed by atoms with Crippen molar-refractivity contribution in [2.24, 2.45) is 0 Å². The molecule has 0 radical (unpaired) electrons. The predicted octanol–water partition coefficient (Wildman–Crippen LogP) is 4.06. The van der Waals surface area contributed by atoms with Crippen LogP contribution in [0.3, 0.4) is 0 Å². The maximum absolute atomic E-state index is 3.62. The van der Waals surface area contributed by atoms with Gasteiger partial charge in [-0.05, 0) is 42.5 Å². The number of para-hydroxylation sites is 1. The average Bonchev–Trinajstić information content (AvgIpc) is 2.33. The summed E-state index contributed by atoms with van der Waals surface area (Å²) in [6.07, 6.45) is 1.22. The highest BCUT2D eigenvalue weighted by Gasteiger charge is 2.24. The molecule has 2 aromatic carbocycles. The van der Waals surface area contributed by atoms with Crippen LogP contribution in [0.25, 0.3) is 0 Å². The Labute approximate surface area is 109 Å². The third-order valence-corrected chi connectivity index (χ3v) is 3.97. The van der Waals surface area contributed by atoms with Crippen LogP contribution in [0, 0.1) is 13.8 Å². The van der Waals surface area contributed by atoms with Gasteiger partial charge in [0.1, 0.15) is 0 Å². The molecule has 0 saturated carbocycles. The van der Waals surface area contributed by atoms with Gasteiger partial charge in [0.2, 0.25) is 0 Å². The number of fused-ring (bicyclic) bond motifs is 1. The Bertz CT molecular complexity index is 551. The van der Waals surface area contributed by atoms with Crippen molar-refractivity contribution < 1.29 is 0 Å². The van der Waals surface area contributed by atoms with Crippen LogP contribution >= 0.6 is 0 Å². The summed E-state index contributed by atoms with van der Waals surface area (Å²) in [4.78, 5) is 0. The van der Waals surface area contributed by atoms with E-state index >= 15 is 0 Å². The van der Waals surface area contributed by atoms with Crippen LogP contribution in [0.15, 0.2) is 42.5 Å². The second-order valence-corrected chi connectivity index (χ2v) is 5.25. The summed E-state index contributed by atoms with van der Waals surface area (Å²) in [5, 5.41) is 3.62. The molecule has 2 aromatic rings. The van der Waals surface area contributed by atoms with Crippen molar-refractivity contribution in [3.05, 3.63) is 64.7 Å². The zero-order valence-corrected chi connectivity index (χ0v) is 11.0. The van der Waals surface area contributed by atoms with E-state index in [2.05, 4.69) is 61.6 Å². The van der Waals surface area contributed by atoms with E-state index in [9.17, 15) is 0 Å². The first-order chi connectivity index (χ1) is 8.75. The number of rotatable bonds is 3. The minimum absolute atomic E-state index is 0.681. The minimum atomic E-state index is 0.681. The first-order valence-electron chi connectivity index (χ1n) is 6.63. The van der Waals surface area contributed by atoms with Gasteiger partial charge in [-0.15, -0.1) is 0 Å². The van der Waals surface area contributed by atoms with Crippen molar-refractivity contribution in [3.8, 4) is 0 Å². The zero-order chi connectivity index (χ0) is 12.5. The van der Waals surface area contributed by atoms with Crippen LogP contribution < -0.4 is 5.32 Å².